The van der Waals surface area contributed by atoms with Gasteiger partial charge in [-0.15, -0.1) is 0 Å². The van der Waals surface area contributed by atoms with E-state index in [2.05, 4.69) is 24.5 Å². The van der Waals surface area contributed by atoms with Crippen molar-refractivity contribution in [2.75, 3.05) is 5.75 Å². The van der Waals surface area contributed by atoms with Crippen LogP contribution in [0, 0.1) is 0 Å². The molecular weight excluding hydrogens is 330 g/mol. The van der Waals surface area contributed by atoms with E-state index in [0.29, 0.717) is 16.8 Å². The van der Waals surface area contributed by atoms with Crippen LogP contribution in [-0.2, 0) is 4.79 Å². The molecule has 0 aliphatic heterocycles. The number of amides is 1. The summed E-state index contributed by atoms with van der Waals surface area (Å²) in [5.41, 5.74) is 3.39. The summed E-state index contributed by atoms with van der Waals surface area (Å²) >= 11 is 3.96. The van der Waals surface area contributed by atoms with Crippen molar-refractivity contribution in [3.05, 3.63) is 95.9 Å². The standard InChI is InChI=1S/C21H21NO2S/c1-15(22-20(23)14-25)13-19(18-11-7-4-8-12-18)21(24)16(2)17-9-5-3-6-10-17/h3-13,24-25H,2,14H2,1H3,(H,22,23)/b15-13+,21-19-. The van der Waals surface area contributed by atoms with Crippen LogP contribution in [0.4, 0.5) is 0 Å². The fourth-order valence-corrected chi connectivity index (χ4v) is 2.44. The molecule has 2 aromatic carbocycles. The van der Waals surface area contributed by atoms with Crippen molar-refractivity contribution in [2.24, 2.45) is 0 Å². The van der Waals surface area contributed by atoms with Gasteiger partial charge in [-0.2, -0.15) is 12.6 Å². The Balaban J connectivity index is 2.49. The maximum Gasteiger partial charge on any atom is 0.233 e. The Bertz CT molecular complexity index is 808. The fraction of sp³-hybridized carbons (Fsp3) is 0.0952. The number of allylic oxidation sites excluding steroid dienone is 4. The molecule has 0 fully saturated rings. The topological polar surface area (TPSA) is 49.3 Å². The van der Waals surface area contributed by atoms with Crippen molar-refractivity contribution in [2.45, 2.75) is 6.92 Å². The molecule has 0 radical (unpaired) electrons. The van der Waals surface area contributed by atoms with Gasteiger partial charge in [-0.1, -0.05) is 67.2 Å². The predicted molar refractivity (Wildman–Crippen MR) is 107 cm³/mol. The van der Waals surface area contributed by atoms with Crippen molar-refractivity contribution in [1.82, 2.24) is 5.32 Å². The van der Waals surface area contributed by atoms with Crippen LogP contribution in [0.15, 0.2) is 84.8 Å². The second kappa shape index (κ2) is 8.94. The van der Waals surface area contributed by atoms with E-state index in [4.69, 9.17) is 0 Å². The van der Waals surface area contributed by atoms with Crippen LogP contribution in [0.3, 0.4) is 0 Å². The van der Waals surface area contributed by atoms with Crippen molar-refractivity contribution in [3.63, 3.8) is 0 Å². The van der Waals surface area contributed by atoms with E-state index >= 15 is 0 Å². The Kier molecular flexibility index (Phi) is 6.66. The lowest BCUT2D eigenvalue weighted by molar-refractivity contribution is -0.117. The first-order valence-corrected chi connectivity index (χ1v) is 8.48. The molecule has 2 N–H and O–H groups in total. The van der Waals surface area contributed by atoms with Crippen LogP contribution in [0.2, 0.25) is 0 Å². The zero-order valence-corrected chi connectivity index (χ0v) is 15.0. The van der Waals surface area contributed by atoms with Crippen LogP contribution in [-0.4, -0.2) is 16.8 Å². The number of thiol groups is 1. The van der Waals surface area contributed by atoms with Gasteiger partial charge in [-0.25, -0.2) is 0 Å². The zero-order valence-electron chi connectivity index (χ0n) is 14.1. The molecule has 0 aromatic heterocycles. The first-order chi connectivity index (χ1) is 12.0. The maximum atomic E-state index is 11.5. The van der Waals surface area contributed by atoms with Gasteiger partial charge in [0.2, 0.25) is 5.91 Å². The normalized spacial score (nSPS) is 12.3. The molecular formula is C21H21NO2S. The molecule has 0 unspecified atom stereocenters. The number of benzene rings is 2. The molecule has 0 aliphatic rings. The van der Waals surface area contributed by atoms with Gasteiger partial charge in [0, 0.05) is 16.8 Å². The van der Waals surface area contributed by atoms with Crippen LogP contribution in [0.25, 0.3) is 11.1 Å². The van der Waals surface area contributed by atoms with Gasteiger partial charge in [0.1, 0.15) is 5.76 Å². The third-order valence-corrected chi connectivity index (χ3v) is 3.88. The average molecular weight is 351 g/mol. The van der Waals surface area contributed by atoms with Gasteiger partial charge in [0.25, 0.3) is 0 Å². The van der Waals surface area contributed by atoms with E-state index in [1.165, 1.54) is 0 Å². The van der Waals surface area contributed by atoms with E-state index in [0.717, 1.165) is 11.1 Å². The minimum atomic E-state index is -0.203. The molecule has 0 bridgehead atoms. The summed E-state index contributed by atoms with van der Waals surface area (Å²) in [6.45, 7) is 5.79. The Hall–Kier alpha value is -2.72. The van der Waals surface area contributed by atoms with E-state index in [-0.39, 0.29) is 17.4 Å². The zero-order chi connectivity index (χ0) is 18.2. The minimum absolute atomic E-state index is 0.0665. The van der Waals surface area contributed by atoms with E-state index < -0.39 is 0 Å². The Morgan fingerprint density at radius 1 is 1.08 bits per heavy atom. The molecule has 0 aliphatic carbocycles. The highest BCUT2D eigenvalue weighted by Gasteiger charge is 2.12. The smallest absolute Gasteiger partial charge is 0.233 e. The molecule has 1 amide bonds. The first-order valence-electron chi connectivity index (χ1n) is 7.85. The lowest BCUT2D eigenvalue weighted by atomic mass is 9.97. The highest BCUT2D eigenvalue weighted by atomic mass is 32.1. The molecule has 25 heavy (non-hydrogen) atoms. The first kappa shape index (κ1) is 18.6. The van der Waals surface area contributed by atoms with Crippen LogP contribution < -0.4 is 5.32 Å². The molecule has 2 aromatic rings. The van der Waals surface area contributed by atoms with E-state index in [1.807, 2.05) is 60.7 Å². The number of carbonyl (C=O) groups is 1. The molecule has 0 heterocycles. The quantitative estimate of drug-likeness (QED) is 0.404. The molecule has 128 valence electrons. The second-order valence-electron chi connectivity index (χ2n) is 5.51. The van der Waals surface area contributed by atoms with Crippen molar-refractivity contribution < 1.29 is 9.90 Å². The van der Waals surface area contributed by atoms with Crippen molar-refractivity contribution in [1.29, 1.82) is 0 Å². The number of rotatable bonds is 6. The Labute approximate surface area is 153 Å². The number of aliphatic hydroxyl groups is 1. The molecule has 3 nitrogen and oxygen atoms in total. The molecule has 0 saturated heterocycles. The Morgan fingerprint density at radius 3 is 2.12 bits per heavy atom. The van der Waals surface area contributed by atoms with Crippen molar-refractivity contribution >= 4 is 29.7 Å². The van der Waals surface area contributed by atoms with E-state index in [9.17, 15) is 9.90 Å². The lowest BCUT2D eigenvalue weighted by Crippen LogP contribution is -2.22. The minimum Gasteiger partial charge on any atom is -0.507 e. The Morgan fingerprint density at radius 2 is 1.60 bits per heavy atom. The monoisotopic (exact) mass is 351 g/mol. The second-order valence-corrected chi connectivity index (χ2v) is 5.82. The third-order valence-electron chi connectivity index (χ3n) is 3.59. The third kappa shape index (κ3) is 5.13. The molecule has 0 saturated carbocycles. The van der Waals surface area contributed by atoms with E-state index in [1.54, 1.807) is 13.0 Å². The van der Waals surface area contributed by atoms with Gasteiger partial charge in [-0.3, -0.25) is 4.79 Å². The summed E-state index contributed by atoms with van der Waals surface area (Å²) in [5, 5.41) is 13.6. The molecule has 2 rings (SSSR count). The SMILES string of the molecule is C=C(/C(O)=C(\C=C(/C)NC(=O)CS)c1ccccc1)c1ccccc1. The van der Waals surface area contributed by atoms with Gasteiger partial charge in [0.15, 0.2) is 0 Å². The van der Waals surface area contributed by atoms with Gasteiger partial charge in [0.05, 0.1) is 5.75 Å². The summed E-state index contributed by atoms with van der Waals surface area (Å²) in [7, 11) is 0. The van der Waals surface area contributed by atoms with Gasteiger partial charge < -0.3 is 10.4 Å². The molecule has 4 heteroatoms. The number of aliphatic hydroxyl groups excluding tert-OH is 1. The van der Waals surface area contributed by atoms with Crippen molar-refractivity contribution in [3.8, 4) is 0 Å². The van der Waals surface area contributed by atoms with Gasteiger partial charge in [-0.05, 0) is 24.1 Å². The maximum absolute atomic E-state index is 11.5. The summed E-state index contributed by atoms with van der Waals surface area (Å²) in [5.74, 6) is -0.0408. The number of hydrogen-bond acceptors (Lipinski definition) is 3. The van der Waals surface area contributed by atoms with Crippen LogP contribution in [0.1, 0.15) is 18.1 Å². The number of carbonyl (C=O) groups excluding carboxylic acids is 1. The summed E-state index contributed by atoms with van der Waals surface area (Å²) in [4.78, 5) is 11.5. The predicted octanol–water partition coefficient (Wildman–Crippen LogP) is 4.62. The average Bonchev–Trinajstić information content (AvgIpc) is 2.66. The van der Waals surface area contributed by atoms with Crippen LogP contribution in [0.5, 0.6) is 0 Å². The number of nitrogens with one attached hydrogen (secondary N) is 1. The fourth-order valence-electron chi connectivity index (χ4n) is 2.36. The lowest BCUT2D eigenvalue weighted by Gasteiger charge is -2.12. The van der Waals surface area contributed by atoms with Gasteiger partial charge >= 0.3 is 0 Å². The number of hydrogen-bond donors (Lipinski definition) is 3. The molecule has 0 spiro atoms. The summed E-state index contributed by atoms with van der Waals surface area (Å²) in [6.07, 6.45) is 1.74. The molecule has 0 atom stereocenters. The summed E-state index contributed by atoms with van der Waals surface area (Å²) < 4.78 is 0. The largest absolute Gasteiger partial charge is 0.507 e. The van der Waals surface area contributed by atoms with Crippen LogP contribution >= 0.6 is 12.6 Å². The highest BCUT2D eigenvalue weighted by molar-refractivity contribution is 7.81. The summed E-state index contributed by atoms with van der Waals surface area (Å²) in [6, 6.07) is 19.0. The highest BCUT2D eigenvalue weighted by Crippen LogP contribution is 2.28.